The second-order valence-electron chi connectivity index (χ2n) is 5.31. The largest absolute Gasteiger partial charge is 0.447 e. The summed E-state index contributed by atoms with van der Waals surface area (Å²) in [6.45, 7) is 2.27. The lowest BCUT2D eigenvalue weighted by molar-refractivity contribution is -0.117. The van der Waals surface area contributed by atoms with Crippen molar-refractivity contribution < 1.29 is 18.7 Å². The van der Waals surface area contributed by atoms with E-state index < -0.39 is 17.8 Å². The van der Waals surface area contributed by atoms with Gasteiger partial charge in [-0.3, -0.25) is 10.2 Å². The number of halogens is 2. The smallest absolute Gasteiger partial charge is 0.426 e. The number of benzene rings is 1. The quantitative estimate of drug-likeness (QED) is 0.322. The molecule has 1 aromatic carbocycles. The standard InChI is InChI=1S/C19H22ClFN2O3/c1-2-3-4-5-6-7-8-13-26-19(25)23-22-18(24)12-10-15-9-11-16(21)14-17(15)20/h9-12,14H,2-5,8,13H2,1H3,(H,22,24)(H,23,25). The van der Waals surface area contributed by atoms with Crippen molar-refractivity contribution in [2.24, 2.45) is 0 Å². The number of carbonyl (C=O) groups is 2. The molecule has 0 aromatic heterocycles. The van der Waals surface area contributed by atoms with E-state index in [0.29, 0.717) is 12.0 Å². The van der Waals surface area contributed by atoms with Crippen molar-refractivity contribution in [2.75, 3.05) is 6.61 Å². The molecule has 1 aromatic rings. The Balaban J connectivity index is 2.21. The summed E-state index contributed by atoms with van der Waals surface area (Å²) < 4.78 is 17.8. The van der Waals surface area contributed by atoms with E-state index in [1.807, 2.05) is 0 Å². The highest BCUT2D eigenvalue weighted by atomic mass is 35.5. The lowest BCUT2D eigenvalue weighted by Crippen LogP contribution is -2.41. The van der Waals surface area contributed by atoms with Crippen LogP contribution in [0.15, 0.2) is 24.3 Å². The van der Waals surface area contributed by atoms with Crippen LogP contribution in [0.1, 0.15) is 44.6 Å². The third kappa shape index (κ3) is 9.70. The molecule has 26 heavy (non-hydrogen) atoms. The summed E-state index contributed by atoms with van der Waals surface area (Å²) in [5, 5.41) is 0.178. The van der Waals surface area contributed by atoms with Gasteiger partial charge in [0, 0.05) is 18.9 Å². The second-order valence-corrected chi connectivity index (χ2v) is 5.72. The van der Waals surface area contributed by atoms with Gasteiger partial charge in [-0.25, -0.2) is 14.6 Å². The monoisotopic (exact) mass is 380 g/mol. The number of hydrogen-bond acceptors (Lipinski definition) is 3. The van der Waals surface area contributed by atoms with E-state index in [4.69, 9.17) is 16.3 Å². The van der Waals surface area contributed by atoms with Crippen LogP contribution in [0.3, 0.4) is 0 Å². The second kappa shape index (κ2) is 12.8. The topological polar surface area (TPSA) is 67.4 Å². The number of nitrogens with one attached hydrogen (secondary N) is 2. The Kier molecular flexibility index (Phi) is 10.6. The molecule has 2 amide bonds. The Bertz CT molecular complexity index is 696. The summed E-state index contributed by atoms with van der Waals surface area (Å²) in [6.07, 6.45) is 6.46. The van der Waals surface area contributed by atoms with Crippen LogP contribution >= 0.6 is 11.6 Å². The van der Waals surface area contributed by atoms with Crippen LogP contribution in [-0.2, 0) is 9.53 Å². The Morgan fingerprint density at radius 1 is 1.23 bits per heavy atom. The SMILES string of the molecule is CCCCCC#CCCOC(=O)NNC(=O)C=Cc1ccc(F)cc1Cl. The van der Waals surface area contributed by atoms with Gasteiger partial charge in [-0.2, -0.15) is 0 Å². The molecule has 2 N–H and O–H groups in total. The van der Waals surface area contributed by atoms with Crippen LogP contribution in [0.25, 0.3) is 6.08 Å². The molecule has 7 heteroatoms. The molecule has 0 aliphatic heterocycles. The molecular formula is C19H22ClFN2O3. The zero-order valence-electron chi connectivity index (χ0n) is 14.6. The van der Waals surface area contributed by atoms with Crippen LogP contribution < -0.4 is 10.9 Å². The van der Waals surface area contributed by atoms with Crippen molar-refractivity contribution in [2.45, 2.75) is 39.0 Å². The predicted octanol–water partition coefficient (Wildman–Crippen LogP) is 4.22. The molecule has 140 valence electrons. The van der Waals surface area contributed by atoms with Gasteiger partial charge in [0.1, 0.15) is 12.4 Å². The normalized spacial score (nSPS) is 10.1. The minimum atomic E-state index is -0.778. The summed E-state index contributed by atoms with van der Waals surface area (Å²) in [4.78, 5) is 23.0. The fraction of sp³-hybridized carbons (Fsp3) is 0.368. The number of ether oxygens (including phenoxy) is 1. The average Bonchev–Trinajstić information content (AvgIpc) is 2.61. The third-order valence-electron chi connectivity index (χ3n) is 3.16. The maximum Gasteiger partial charge on any atom is 0.426 e. The predicted molar refractivity (Wildman–Crippen MR) is 99.6 cm³/mol. The van der Waals surface area contributed by atoms with E-state index >= 15 is 0 Å². The van der Waals surface area contributed by atoms with E-state index in [-0.39, 0.29) is 11.6 Å². The molecule has 0 saturated heterocycles. The van der Waals surface area contributed by atoms with Crippen LogP contribution in [0.5, 0.6) is 0 Å². The van der Waals surface area contributed by atoms with Crippen molar-refractivity contribution >= 4 is 29.7 Å². The molecule has 0 radical (unpaired) electrons. The van der Waals surface area contributed by atoms with Crippen LogP contribution in [0, 0.1) is 17.7 Å². The Hall–Kier alpha value is -2.52. The molecule has 0 fully saturated rings. The molecular weight excluding hydrogens is 359 g/mol. The highest BCUT2D eigenvalue weighted by molar-refractivity contribution is 6.32. The highest BCUT2D eigenvalue weighted by Crippen LogP contribution is 2.18. The zero-order valence-corrected chi connectivity index (χ0v) is 15.4. The van der Waals surface area contributed by atoms with Crippen LogP contribution in [0.2, 0.25) is 5.02 Å². The summed E-state index contributed by atoms with van der Waals surface area (Å²) >= 11 is 5.84. The van der Waals surface area contributed by atoms with Crippen LogP contribution in [0.4, 0.5) is 9.18 Å². The maximum atomic E-state index is 12.9. The summed E-state index contributed by atoms with van der Waals surface area (Å²) in [7, 11) is 0. The van der Waals surface area contributed by atoms with E-state index in [9.17, 15) is 14.0 Å². The maximum absolute atomic E-state index is 12.9. The first kappa shape index (κ1) is 21.5. The zero-order chi connectivity index (χ0) is 19.2. The van der Waals surface area contributed by atoms with Crippen molar-refractivity contribution in [3.8, 4) is 11.8 Å². The first-order chi connectivity index (χ1) is 12.5. The van der Waals surface area contributed by atoms with Gasteiger partial charge in [0.05, 0.1) is 5.02 Å². The third-order valence-corrected chi connectivity index (χ3v) is 3.48. The first-order valence-electron chi connectivity index (χ1n) is 8.34. The lowest BCUT2D eigenvalue weighted by atomic mass is 10.2. The van der Waals surface area contributed by atoms with Gasteiger partial charge in [0.2, 0.25) is 0 Å². The van der Waals surface area contributed by atoms with Crippen molar-refractivity contribution in [3.63, 3.8) is 0 Å². The number of carbonyl (C=O) groups excluding carboxylic acids is 2. The first-order valence-corrected chi connectivity index (χ1v) is 8.72. The molecule has 5 nitrogen and oxygen atoms in total. The molecule has 0 bridgehead atoms. The molecule has 0 atom stereocenters. The molecule has 0 aliphatic carbocycles. The van der Waals surface area contributed by atoms with E-state index in [2.05, 4.69) is 29.6 Å². The number of hydrogen-bond donors (Lipinski definition) is 2. The molecule has 0 spiro atoms. The van der Waals surface area contributed by atoms with E-state index in [1.165, 1.54) is 18.2 Å². The molecule has 1 rings (SSSR count). The van der Waals surface area contributed by atoms with Gasteiger partial charge in [-0.15, -0.1) is 5.92 Å². The lowest BCUT2D eigenvalue weighted by Gasteiger charge is -2.05. The van der Waals surface area contributed by atoms with Gasteiger partial charge in [-0.05, 0) is 30.2 Å². The summed E-state index contributed by atoms with van der Waals surface area (Å²) in [6, 6.07) is 3.81. The van der Waals surface area contributed by atoms with Gasteiger partial charge in [-0.1, -0.05) is 43.4 Å². The number of hydrazine groups is 1. The fourth-order valence-corrected chi connectivity index (χ4v) is 2.06. The number of amides is 2. The molecule has 0 saturated carbocycles. The summed E-state index contributed by atoms with van der Waals surface area (Å²) in [5.74, 6) is 4.88. The van der Waals surface area contributed by atoms with Crippen molar-refractivity contribution in [3.05, 3.63) is 40.7 Å². The Morgan fingerprint density at radius 2 is 2.00 bits per heavy atom. The minimum Gasteiger partial charge on any atom is -0.447 e. The van der Waals surface area contributed by atoms with Crippen molar-refractivity contribution in [1.29, 1.82) is 0 Å². The summed E-state index contributed by atoms with van der Waals surface area (Å²) in [5.41, 5.74) is 4.74. The molecule has 0 aliphatic rings. The van der Waals surface area contributed by atoms with Gasteiger partial charge in [0.15, 0.2) is 0 Å². The van der Waals surface area contributed by atoms with E-state index in [1.54, 1.807) is 0 Å². The molecule has 0 heterocycles. The van der Waals surface area contributed by atoms with Gasteiger partial charge in [0.25, 0.3) is 5.91 Å². The van der Waals surface area contributed by atoms with Crippen molar-refractivity contribution in [1.82, 2.24) is 10.9 Å². The van der Waals surface area contributed by atoms with Gasteiger partial charge < -0.3 is 4.74 Å². The number of rotatable bonds is 7. The van der Waals surface area contributed by atoms with Crippen LogP contribution in [-0.4, -0.2) is 18.6 Å². The highest BCUT2D eigenvalue weighted by Gasteiger charge is 2.03. The minimum absolute atomic E-state index is 0.142. The molecule has 0 unspecified atom stereocenters. The Labute approximate surface area is 157 Å². The van der Waals surface area contributed by atoms with Gasteiger partial charge >= 0.3 is 6.09 Å². The fourth-order valence-electron chi connectivity index (χ4n) is 1.83. The Morgan fingerprint density at radius 3 is 2.73 bits per heavy atom. The van der Waals surface area contributed by atoms with E-state index in [0.717, 1.165) is 37.8 Å². The number of unbranched alkanes of at least 4 members (excludes halogenated alkanes) is 3. The average molecular weight is 381 g/mol.